The average molecular weight is 196 g/mol. The van der Waals surface area contributed by atoms with Crippen LogP contribution < -0.4 is 5.73 Å². The van der Waals surface area contributed by atoms with Crippen LogP contribution in [0.25, 0.3) is 0 Å². The van der Waals surface area contributed by atoms with Crippen LogP contribution in [0.1, 0.15) is 39.0 Å². The summed E-state index contributed by atoms with van der Waals surface area (Å²) in [5.74, 6) is 0.909. The van der Waals surface area contributed by atoms with Gasteiger partial charge in [-0.2, -0.15) is 0 Å². The maximum absolute atomic E-state index is 11.8. The molecule has 0 aromatic rings. The first-order valence-corrected chi connectivity index (χ1v) is 5.77. The summed E-state index contributed by atoms with van der Waals surface area (Å²) >= 11 is 0. The standard InChI is InChI=1S/C11H20N2O/c1-2-13(9-5-6-9)11(14)7-10(12)8-3-4-8/h8-10H,2-7,12H2,1H3. The Kier molecular flexibility index (Phi) is 2.77. The molecule has 1 amide bonds. The van der Waals surface area contributed by atoms with Gasteiger partial charge in [-0.1, -0.05) is 0 Å². The first-order chi connectivity index (χ1) is 6.72. The van der Waals surface area contributed by atoms with Crippen molar-refractivity contribution in [2.75, 3.05) is 6.54 Å². The second kappa shape index (κ2) is 3.89. The Hall–Kier alpha value is -0.570. The Morgan fingerprint density at radius 2 is 2.07 bits per heavy atom. The van der Waals surface area contributed by atoms with E-state index in [1.807, 2.05) is 4.90 Å². The molecule has 2 aliphatic rings. The topological polar surface area (TPSA) is 46.3 Å². The minimum Gasteiger partial charge on any atom is -0.340 e. The third kappa shape index (κ3) is 2.27. The van der Waals surface area contributed by atoms with Crippen LogP contribution in [-0.4, -0.2) is 29.4 Å². The van der Waals surface area contributed by atoms with Crippen molar-refractivity contribution in [1.82, 2.24) is 4.90 Å². The van der Waals surface area contributed by atoms with Crippen molar-refractivity contribution in [3.05, 3.63) is 0 Å². The molecular weight excluding hydrogens is 176 g/mol. The molecule has 0 aliphatic heterocycles. The fourth-order valence-corrected chi connectivity index (χ4v) is 2.03. The number of carbonyl (C=O) groups excluding carboxylic acids is 1. The maximum atomic E-state index is 11.8. The molecule has 1 unspecified atom stereocenters. The molecule has 0 aromatic carbocycles. The number of hydrogen-bond acceptors (Lipinski definition) is 2. The third-order valence-electron chi connectivity index (χ3n) is 3.29. The second-order valence-electron chi connectivity index (χ2n) is 4.62. The van der Waals surface area contributed by atoms with Crippen molar-refractivity contribution in [2.45, 2.75) is 51.1 Å². The van der Waals surface area contributed by atoms with Crippen LogP contribution in [0, 0.1) is 5.92 Å². The molecule has 2 saturated carbocycles. The van der Waals surface area contributed by atoms with Gasteiger partial charge in [0.25, 0.3) is 0 Å². The monoisotopic (exact) mass is 196 g/mol. The van der Waals surface area contributed by atoms with E-state index in [4.69, 9.17) is 5.73 Å². The zero-order valence-electron chi connectivity index (χ0n) is 8.91. The molecule has 0 radical (unpaired) electrons. The Bertz CT molecular complexity index is 221. The lowest BCUT2D eigenvalue weighted by molar-refractivity contribution is -0.132. The van der Waals surface area contributed by atoms with Crippen LogP contribution in [0.15, 0.2) is 0 Å². The van der Waals surface area contributed by atoms with E-state index in [2.05, 4.69) is 6.92 Å². The molecule has 0 saturated heterocycles. The Morgan fingerprint density at radius 3 is 2.50 bits per heavy atom. The van der Waals surface area contributed by atoms with E-state index >= 15 is 0 Å². The summed E-state index contributed by atoms with van der Waals surface area (Å²) in [4.78, 5) is 13.8. The van der Waals surface area contributed by atoms with Gasteiger partial charge < -0.3 is 10.6 Å². The van der Waals surface area contributed by atoms with Crippen LogP contribution in [0.3, 0.4) is 0 Å². The van der Waals surface area contributed by atoms with E-state index in [0.29, 0.717) is 18.4 Å². The summed E-state index contributed by atoms with van der Waals surface area (Å²) in [6, 6.07) is 0.661. The van der Waals surface area contributed by atoms with Crippen molar-refractivity contribution in [3.8, 4) is 0 Å². The highest BCUT2D eigenvalue weighted by atomic mass is 16.2. The van der Waals surface area contributed by atoms with Gasteiger partial charge in [-0.05, 0) is 38.5 Å². The van der Waals surface area contributed by atoms with Gasteiger partial charge in [-0.15, -0.1) is 0 Å². The van der Waals surface area contributed by atoms with Crippen LogP contribution >= 0.6 is 0 Å². The number of nitrogens with two attached hydrogens (primary N) is 1. The molecule has 2 N–H and O–H groups in total. The minimum atomic E-state index is 0.121. The highest BCUT2D eigenvalue weighted by Gasteiger charge is 2.35. The number of amides is 1. The lowest BCUT2D eigenvalue weighted by atomic mass is 10.1. The molecule has 3 heteroatoms. The van der Waals surface area contributed by atoms with Crippen molar-refractivity contribution >= 4 is 5.91 Å². The van der Waals surface area contributed by atoms with E-state index in [0.717, 1.165) is 6.54 Å². The molecule has 14 heavy (non-hydrogen) atoms. The Labute approximate surface area is 85.6 Å². The summed E-state index contributed by atoms with van der Waals surface area (Å²) in [6.45, 7) is 2.90. The molecular formula is C11H20N2O. The molecule has 0 spiro atoms. The van der Waals surface area contributed by atoms with Gasteiger partial charge in [0, 0.05) is 25.0 Å². The molecule has 0 bridgehead atoms. The van der Waals surface area contributed by atoms with Gasteiger partial charge in [0.15, 0.2) is 0 Å². The van der Waals surface area contributed by atoms with Crippen molar-refractivity contribution in [1.29, 1.82) is 0 Å². The van der Waals surface area contributed by atoms with Gasteiger partial charge in [-0.25, -0.2) is 0 Å². The first kappa shape index (κ1) is 9.97. The largest absolute Gasteiger partial charge is 0.340 e. The van der Waals surface area contributed by atoms with Gasteiger partial charge in [0.05, 0.1) is 0 Å². The highest BCUT2D eigenvalue weighted by molar-refractivity contribution is 5.77. The predicted molar refractivity (Wildman–Crippen MR) is 55.7 cm³/mol. The maximum Gasteiger partial charge on any atom is 0.224 e. The summed E-state index contributed by atoms with van der Waals surface area (Å²) in [5, 5.41) is 0. The number of nitrogens with zero attached hydrogens (tertiary/aromatic N) is 1. The SMILES string of the molecule is CCN(C(=O)CC(N)C1CC1)C1CC1. The van der Waals surface area contributed by atoms with Crippen LogP contribution in [0.5, 0.6) is 0 Å². The van der Waals surface area contributed by atoms with Gasteiger partial charge in [-0.3, -0.25) is 4.79 Å². The van der Waals surface area contributed by atoms with Crippen LogP contribution in [0.2, 0.25) is 0 Å². The first-order valence-electron chi connectivity index (χ1n) is 5.77. The van der Waals surface area contributed by atoms with E-state index in [9.17, 15) is 4.79 Å². The second-order valence-corrected chi connectivity index (χ2v) is 4.62. The lowest BCUT2D eigenvalue weighted by Crippen LogP contribution is -2.37. The molecule has 2 aliphatic carbocycles. The van der Waals surface area contributed by atoms with E-state index in [1.54, 1.807) is 0 Å². The van der Waals surface area contributed by atoms with E-state index in [-0.39, 0.29) is 11.9 Å². The van der Waals surface area contributed by atoms with Crippen LogP contribution in [0.4, 0.5) is 0 Å². The number of carbonyl (C=O) groups is 1. The van der Waals surface area contributed by atoms with Crippen LogP contribution in [-0.2, 0) is 4.79 Å². The summed E-state index contributed by atoms with van der Waals surface area (Å²) in [5.41, 5.74) is 5.95. The van der Waals surface area contributed by atoms with Gasteiger partial charge in [0.1, 0.15) is 0 Å². The molecule has 3 nitrogen and oxygen atoms in total. The number of rotatable bonds is 5. The van der Waals surface area contributed by atoms with Crippen molar-refractivity contribution in [2.24, 2.45) is 11.7 Å². The van der Waals surface area contributed by atoms with Crippen molar-refractivity contribution < 1.29 is 4.79 Å². The molecule has 80 valence electrons. The Balaban J connectivity index is 1.79. The number of hydrogen-bond donors (Lipinski definition) is 1. The minimum absolute atomic E-state index is 0.121. The normalized spacial score (nSPS) is 23.3. The smallest absolute Gasteiger partial charge is 0.224 e. The van der Waals surface area contributed by atoms with Gasteiger partial charge >= 0.3 is 0 Å². The quantitative estimate of drug-likeness (QED) is 0.716. The average Bonchev–Trinajstić information content (AvgIpc) is 3.01. The zero-order chi connectivity index (χ0) is 10.1. The molecule has 2 rings (SSSR count). The van der Waals surface area contributed by atoms with E-state index < -0.39 is 0 Å². The third-order valence-corrected chi connectivity index (χ3v) is 3.29. The summed E-state index contributed by atoms with van der Waals surface area (Å²) < 4.78 is 0. The molecule has 1 atom stereocenters. The highest BCUT2D eigenvalue weighted by Crippen LogP contribution is 2.34. The van der Waals surface area contributed by atoms with E-state index in [1.165, 1.54) is 25.7 Å². The molecule has 0 heterocycles. The lowest BCUT2D eigenvalue weighted by Gasteiger charge is -2.22. The predicted octanol–water partition coefficient (Wildman–Crippen LogP) is 1.12. The molecule has 2 fully saturated rings. The fourth-order valence-electron chi connectivity index (χ4n) is 2.03. The summed E-state index contributed by atoms with van der Waals surface area (Å²) in [7, 11) is 0. The van der Waals surface area contributed by atoms with Crippen molar-refractivity contribution in [3.63, 3.8) is 0 Å². The fraction of sp³-hybridized carbons (Fsp3) is 0.909. The summed E-state index contributed by atoms with van der Waals surface area (Å²) in [6.07, 6.45) is 5.40. The molecule has 0 aromatic heterocycles. The zero-order valence-corrected chi connectivity index (χ0v) is 8.91. The Morgan fingerprint density at radius 1 is 1.43 bits per heavy atom. The van der Waals surface area contributed by atoms with Gasteiger partial charge in [0.2, 0.25) is 5.91 Å².